The molecule has 1 heterocycles. The first-order valence-electron chi connectivity index (χ1n) is 6.79. The second-order valence-electron chi connectivity index (χ2n) is 4.95. The molecule has 98 valence electrons. The normalized spacial score (nSPS) is 16.7. The SMILES string of the molecule is CNCC(=O)c1ccccc1CN1CCCCC1. The number of carbonyl (C=O) groups excluding carboxylic acids is 1. The van der Waals surface area contributed by atoms with E-state index in [1.165, 1.54) is 24.8 Å². The highest BCUT2D eigenvalue weighted by Gasteiger charge is 2.15. The van der Waals surface area contributed by atoms with Gasteiger partial charge in [0.2, 0.25) is 0 Å². The highest BCUT2D eigenvalue weighted by molar-refractivity contribution is 5.98. The van der Waals surface area contributed by atoms with E-state index < -0.39 is 0 Å². The topological polar surface area (TPSA) is 32.3 Å². The number of piperidine rings is 1. The monoisotopic (exact) mass is 246 g/mol. The maximum atomic E-state index is 12.0. The maximum Gasteiger partial charge on any atom is 0.176 e. The van der Waals surface area contributed by atoms with E-state index in [-0.39, 0.29) is 5.78 Å². The second kappa shape index (κ2) is 6.66. The van der Waals surface area contributed by atoms with Crippen LogP contribution in [0.5, 0.6) is 0 Å². The minimum atomic E-state index is 0.185. The quantitative estimate of drug-likeness (QED) is 0.807. The Morgan fingerprint density at radius 3 is 2.67 bits per heavy atom. The molecule has 18 heavy (non-hydrogen) atoms. The van der Waals surface area contributed by atoms with Gasteiger partial charge in [-0.25, -0.2) is 0 Å². The van der Waals surface area contributed by atoms with Gasteiger partial charge in [-0.1, -0.05) is 30.7 Å². The molecule has 0 atom stereocenters. The lowest BCUT2D eigenvalue weighted by atomic mass is 10.0. The molecular weight excluding hydrogens is 224 g/mol. The van der Waals surface area contributed by atoms with Gasteiger partial charge in [0, 0.05) is 12.1 Å². The van der Waals surface area contributed by atoms with Crippen LogP contribution in [0.4, 0.5) is 0 Å². The summed E-state index contributed by atoms with van der Waals surface area (Å²) >= 11 is 0. The van der Waals surface area contributed by atoms with Crippen molar-refractivity contribution in [3.63, 3.8) is 0 Å². The van der Waals surface area contributed by atoms with Crippen molar-refractivity contribution in [2.45, 2.75) is 25.8 Å². The lowest BCUT2D eigenvalue weighted by Gasteiger charge is -2.27. The average Bonchev–Trinajstić information content (AvgIpc) is 2.41. The standard InChI is InChI=1S/C15H22N2O/c1-16-11-15(18)14-8-4-3-7-13(14)12-17-9-5-2-6-10-17/h3-4,7-8,16H,2,5-6,9-12H2,1H3. The molecule has 0 bridgehead atoms. The van der Waals surface area contributed by atoms with Crippen LogP contribution in [0.15, 0.2) is 24.3 Å². The predicted molar refractivity (Wildman–Crippen MR) is 73.8 cm³/mol. The van der Waals surface area contributed by atoms with Crippen LogP contribution in [-0.2, 0) is 6.54 Å². The van der Waals surface area contributed by atoms with Gasteiger partial charge in [-0.3, -0.25) is 9.69 Å². The number of rotatable bonds is 5. The van der Waals surface area contributed by atoms with Gasteiger partial charge in [0.25, 0.3) is 0 Å². The zero-order valence-electron chi connectivity index (χ0n) is 11.1. The summed E-state index contributed by atoms with van der Waals surface area (Å²) in [5.41, 5.74) is 2.04. The number of ketones is 1. The Morgan fingerprint density at radius 1 is 1.22 bits per heavy atom. The number of Topliss-reactive ketones (excluding diaryl/α,β-unsaturated/α-hetero) is 1. The molecule has 1 fully saturated rings. The van der Waals surface area contributed by atoms with Gasteiger partial charge >= 0.3 is 0 Å². The van der Waals surface area contributed by atoms with Crippen molar-refractivity contribution in [1.29, 1.82) is 0 Å². The molecule has 0 spiro atoms. The van der Waals surface area contributed by atoms with Crippen LogP contribution in [0.1, 0.15) is 35.2 Å². The molecule has 3 nitrogen and oxygen atoms in total. The van der Waals surface area contributed by atoms with Crippen molar-refractivity contribution in [3.05, 3.63) is 35.4 Å². The van der Waals surface area contributed by atoms with Crippen molar-refractivity contribution >= 4 is 5.78 Å². The van der Waals surface area contributed by atoms with E-state index in [2.05, 4.69) is 16.3 Å². The second-order valence-corrected chi connectivity index (χ2v) is 4.95. The Kier molecular flexibility index (Phi) is 4.90. The predicted octanol–water partition coefficient (Wildman–Crippen LogP) is 2.07. The number of hydrogen-bond acceptors (Lipinski definition) is 3. The summed E-state index contributed by atoms with van der Waals surface area (Å²) in [5, 5.41) is 2.93. The van der Waals surface area contributed by atoms with E-state index in [1.807, 2.05) is 25.2 Å². The van der Waals surface area contributed by atoms with E-state index in [1.54, 1.807) is 0 Å². The Hall–Kier alpha value is -1.19. The lowest BCUT2D eigenvalue weighted by Crippen LogP contribution is -2.30. The number of likely N-dealkylation sites (N-methyl/N-ethyl adjacent to an activating group) is 1. The summed E-state index contributed by atoms with van der Waals surface area (Å²) in [6.45, 7) is 3.64. The third-order valence-corrected chi connectivity index (χ3v) is 3.50. The highest BCUT2D eigenvalue weighted by atomic mass is 16.1. The largest absolute Gasteiger partial charge is 0.313 e. The third kappa shape index (κ3) is 3.40. The van der Waals surface area contributed by atoms with Gasteiger partial charge in [0.05, 0.1) is 6.54 Å². The summed E-state index contributed by atoms with van der Waals surface area (Å²) < 4.78 is 0. The molecule has 0 amide bonds. The molecule has 0 unspecified atom stereocenters. The first-order valence-corrected chi connectivity index (χ1v) is 6.79. The Balaban J connectivity index is 2.08. The molecule has 2 rings (SSSR count). The molecule has 1 aliphatic rings. The van der Waals surface area contributed by atoms with Gasteiger partial charge in [-0.15, -0.1) is 0 Å². The minimum absolute atomic E-state index is 0.185. The molecule has 1 aromatic carbocycles. The van der Waals surface area contributed by atoms with Crippen molar-refractivity contribution in [2.24, 2.45) is 0 Å². The van der Waals surface area contributed by atoms with Crippen molar-refractivity contribution in [1.82, 2.24) is 10.2 Å². The van der Waals surface area contributed by atoms with E-state index in [4.69, 9.17) is 0 Å². The smallest absolute Gasteiger partial charge is 0.176 e. The molecule has 0 aromatic heterocycles. The number of carbonyl (C=O) groups is 1. The number of benzene rings is 1. The Bertz CT molecular complexity index is 397. The Morgan fingerprint density at radius 2 is 1.94 bits per heavy atom. The van der Waals surface area contributed by atoms with Gasteiger partial charge in [-0.2, -0.15) is 0 Å². The van der Waals surface area contributed by atoms with Crippen molar-refractivity contribution in [3.8, 4) is 0 Å². The highest BCUT2D eigenvalue weighted by Crippen LogP contribution is 2.16. The molecule has 3 heteroatoms. The molecular formula is C15H22N2O. The van der Waals surface area contributed by atoms with Gasteiger partial charge in [0.15, 0.2) is 5.78 Å². The first kappa shape index (κ1) is 13.2. The van der Waals surface area contributed by atoms with Crippen LogP contribution in [0.2, 0.25) is 0 Å². The molecule has 0 radical (unpaired) electrons. The van der Waals surface area contributed by atoms with E-state index >= 15 is 0 Å². The van der Waals surface area contributed by atoms with Gasteiger partial charge in [0.1, 0.15) is 0 Å². The fraction of sp³-hybridized carbons (Fsp3) is 0.533. The van der Waals surface area contributed by atoms with Gasteiger partial charge < -0.3 is 5.32 Å². The van der Waals surface area contributed by atoms with Crippen LogP contribution >= 0.6 is 0 Å². The number of likely N-dealkylation sites (tertiary alicyclic amines) is 1. The summed E-state index contributed by atoms with van der Waals surface area (Å²) in [4.78, 5) is 14.5. The number of nitrogens with one attached hydrogen (secondary N) is 1. The molecule has 0 aliphatic carbocycles. The summed E-state index contributed by atoms with van der Waals surface area (Å²) in [6, 6.07) is 7.99. The fourth-order valence-electron chi connectivity index (χ4n) is 2.54. The van der Waals surface area contributed by atoms with Crippen LogP contribution < -0.4 is 5.32 Å². The zero-order chi connectivity index (χ0) is 12.8. The maximum absolute atomic E-state index is 12.0. The molecule has 1 aromatic rings. The van der Waals surface area contributed by atoms with Crippen molar-refractivity contribution < 1.29 is 4.79 Å². The molecule has 1 saturated heterocycles. The summed E-state index contributed by atoms with van der Waals surface area (Å²) in [5.74, 6) is 0.185. The number of nitrogens with zero attached hydrogens (tertiary/aromatic N) is 1. The van der Waals surface area contributed by atoms with E-state index in [0.717, 1.165) is 25.2 Å². The van der Waals surface area contributed by atoms with Crippen LogP contribution in [0.3, 0.4) is 0 Å². The van der Waals surface area contributed by atoms with Crippen LogP contribution in [0.25, 0.3) is 0 Å². The fourth-order valence-corrected chi connectivity index (χ4v) is 2.54. The number of hydrogen-bond donors (Lipinski definition) is 1. The van der Waals surface area contributed by atoms with E-state index in [0.29, 0.717) is 6.54 Å². The van der Waals surface area contributed by atoms with Crippen LogP contribution in [-0.4, -0.2) is 37.4 Å². The van der Waals surface area contributed by atoms with Crippen molar-refractivity contribution in [2.75, 3.05) is 26.7 Å². The summed E-state index contributed by atoms with van der Waals surface area (Å²) in [7, 11) is 1.81. The van der Waals surface area contributed by atoms with Gasteiger partial charge in [-0.05, 0) is 38.5 Å². The zero-order valence-corrected chi connectivity index (χ0v) is 11.1. The summed E-state index contributed by atoms with van der Waals surface area (Å²) in [6.07, 6.45) is 3.91. The molecule has 1 aliphatic heterocycles. The average molecular weight is 246 g/mol. The first-order chi connectivity index (χ1) is 8.81. The lowest BCUT2D eigenvalue weighted by molar-refractivity contribution is 0.0991. The Labute approximate surface area is 109 Å². The van der Waals surface area contributed by atoms with E-state index in [9.17, 15) is 4.79 Å². The van der Waals surface area contributed by atoms with Crippen LogP contribution in [0, 0.1) is 0 Å². The molecule has 1 N–H and O–H groups in total. The molecule has 0 saturated carbocycles. The third-order valence-electron chi connectivity index (χ3n) is 3.50. The minimum Gasteiger partial charge on any atom is -0.313 e.